The molecule has 1 rings (SSSR count). The summed E-state index contributed by atoms with van der Waals surface area (Å²) < 4.78 is 58.8. The van der Waals surface area contributed by atoms with E-state index in [4.69, 9.17) is 0 Å². The van der Waals surface area contributed by atoms with Gasteiger partial charge in [0.15, 0.2) is 9.84 Å². The van der Waals surface area contributed by atoms with E-state index in [-0.39, 0.29) is 0 Å². The summed E-state index contributed by atoms with van der Waals surface area (Å²) in [5.74, 6) is 0. The highest BCUT2D eigenvalue weighted by Gasteiger charge is 2.35. The van der Waals surface area contributed by atoms with Crippen molar-refractivity contribution in [3.05, 3.63) is 24.0 Å². The fourth-order valence-electron chi connectivity index (χ4n) is 0.910. The smallest absolute Gasteiger partial charge is 0.263 e. The van der Waals surface area contributed by atoms with Gasteiger partial charge in [-0.25, -0.2) is 8.42 Å². The molecule has 0 spiro atoms. The zero-order valence-electron chi connectivity index (χ0n) is 7.04. The van der Waals surface area contributed by atoms with Crippen LogP contribution in [0.1, 0.15) is 5.56 Å². The Bertz CT molecular complexity index is 438. The third kappa shape index (κ3) is 2.22. The predicted molar refractivity (Wildman–Crippen MR) is 42.3 cm³/mol. The molecule has 14 heavy (non-hydrogen) atoms. The van der Waals surface area contributed by atoms with Crippen LogP contribution in [0.3, 0.4) is 0 Å². The molecule has 0 saturated heterocycles. The number of rotatable bonds is 1. The van der Waals surface area contributed by atoms with Gasteiger partial charge in [-0.05, 0) is 6.07 Å². The average Bonchev–Trinajstić information content (AvgIpc) is 2.01. The summed E-state index contributed by atoms with van der Waals surface area (Å²) in [6.45, 7) is 0. The Hall–Kier alpha value is -1.11. The lowest BCUT2D eigenvalue weighted by Gasteiger charge is -2.09. The molecular formula is C7H6F3NO2S. The van der Waals surface area contributed by atoms with Gasteiger partial charge in [0.1, 0.15) is 0 Å². The molecule has 3 nitrogen and oxygen atoms in total. The zero-order chi connectivity index (χ0) is 11.0. The predicted octanol–water partition coefficient (Wildman–Crippen LogP) is 1.50. The van der Waals surface area contributed by atoms with Crippen molar-refractivity contribution in [1.29, 1.82) is 0 Å². The highest BCUT2D eigenvalue weighted by Crippen LogP contribution is 2.33. The first kappa shape index (κ1) is 11.0. The van der Waals surface area contributed by atoms with Crippen molar-refractivity contribution in [2.24, 2.45) is 0 Å². The van der Waals surface area contributed by atoms with E-state index in [1.165, 1.54) is 0 Å². The summed E-state index contributed by atoms with van der Waals surface area (Å²) in [6.07, 6.45) is -2.38. The van der Waals surface area contributed by atoms with E-state index in [0.717, 1.165) is 6.20 Å². The molecule has 0 fully saturated rings. The molecule has 1 aromatic rings. The van der Waals surface area contributed by atoms with Gasteiger partial charge in [-0.15, -0.1) is 0 Å². The van der Waals surface area contributed by atoms with Crippen molar-refractivity contribution in [2.75, 3.05) is 6.26 Å². The number of halogens is 3. The SMILES string of the molecule is CS(=O)(=O)c1cnccc1C(F)(F)F. The largest absolute Gasteiger partial charge is 0.417 e. The Morgan fingerprint density at radius 1 is 1.36 bits per heavy atom. The molecule has 0 atom stereocenters. The molecule has 0 aliphatic rings. The maximum Gasteiger partial charge on any atom is 0.417 e. The first-order valence-electron chi connectivity index (χ1n) is 3.44. The molecule has 0 saturated carbocycles. The Kier molecular flexibility index (Phi) is 2.53. The Labute approximate surface area is 78.5 Å². The second-order valence-electron chi connectivity index (χ2n) is 2.64. The lowest BCUT2D eigenvalue weighted by atomic mass is 10.3. The lowest BCUT2D eigenvalue weighted by molar-refractivity contribution is -0.139. The summed E-state index contributed by atoms with van der Waals surface area (Å²) >= 11 is 0. The minimum atomic E-state index is -4.68. The molecule has 7 heteroatoms. The third-order valence-electron chi connectivity index (χ3n) is 1.49. The van der Waals surface area contributed by atoms with E-state index in [1.807, 2.05) is 0 Å². The minimum Gasteiger partial charge on any atom is -0.263 e. The van der Waals surface area contributed by atoms with Crippen LogP contribution in [-0.4, -0.2) is 19.7 Å². The second-order valence-corrected chi connectivity index (χ2v) is 4.63. The number of hydrogen-bond acceptors (Lipinski definition) is 3. The van der Waals surface area contributed by atoms with Crippen molar-refractivity contribution in [3.63, 3.8) is 0 Å². The van der Waals surface area contributed by atoms with Gasteiger partial charge in [0.2, 0.25) is 0 Å². The molecule has 0 unspecified atom stereocenters. The van der Waals surface area contributed by atoms with Crippen LogP contribution in [0.5, 0.6) is 0 Å². The van der Waals surface area contributed by atoms with Crippen LogP contribution in [0.15, 0.2) is 23.4 Å². The fourth-order valence-corrected chi connectivity index (χ4v) is 1.75. The van der Waals surface area contributed by atoms with Crippen molar-refractivity contribution in [1.82, 2.24) is 4.98 Å². The molecule has 0 N–H and O–H groups in total. The molecular weight excluding hydrogens is 219 g/mol. The van der Waals surface area contributed by atoms with Crippen LogP contribution >= 0.6 is 0 Å². The van der Waals surface area contributed by atoms with E-state index >= 15 is 0 Å². The summed E-state index contributed by atoms with van der Waals surface area (Å²) in [5.41, 5.74) is -1.19. The number of sulfone groups is 1. The van der Waals surface area contributed by atoms with Gasteiger partial charge in [-0.2, -0.15) is 13.2 Å². The van der Waals surface area contributed by atoms with E-state index in [9.17, 15) is 21.6 Å². The molecule has 0 bridgehead atoms. The summed E-state index contributed by atoms with van der Waals surface area (Å²) in [4.78, 5) is 2.55. The molecule has 0 aliphatic heterocycles. The quantitative estimate of drug-likeness (QED) is 0.727. The Morgan fingerprint density at radius 2 is 1.93 bits per heavy atom. The highest BCUT2D eigenvalue weighted by molar-refractivity contribution is 7.90. The maximum absolute atomic E-state index is 12.3. The standard InChI is InChI=1S/C7H6F3NO2S/c1-14(12,13)6-4-11-3-2-5(6)7(8,9)10/h2-4H,1H3. The molecule has 1 aromatic heterocycles. The van der Waals surface area contributed by atoms with Gasteiger partial charge in [0.25, 0.3) is 0 Å². The van der Waals surface area contributed by atoms with Gasteiger partial charge < -0.3 is 0 Å². The van der Waals surface area contributed by atoms with Crippen molar-refractivity contribution in [2.45, 2.75) is 11.1 Å². The monoisotopic (exact) mass is 225 g/mol. The first-order valence-corrected chi connectivity index (χ1v) is 5.33. The van der Waals surface area contributed by atoms with Crippen molar-refractivity contribution < 1.29 is 21.6 Å². The van der Waals surface area contributed by atoms with Crippen LogP contribution in [-0.2, 0) is 16.0 Å². The normalized spacial score (nSPS) is 12.9. The fraction of sp³-hybridized carbons (Fsp3) is 0.286. The maximum atomic E-state index is 12.3. The van der Waals surface area contributed by atoms with Gasteiger partial charge in [0, 0.05) is 18.6 Å². The zero-order valence-corrected chi connectivity index (χ0v) is 7.85. The number of aromatic nitrogens is 1. The Balaban J connectivity index is 3.47. The van der Waals surface area contributed by atoms with Gasteiger partial charge in [-0.1, -0.05) is 0 Å². The first-order chi connectivity index (χ1) is 6.23. The van der Waals surface area contributed by atoms with Crippen molar-refractivity contribution in [3.8, 4) is 0 Å². The molecule has 0 aliphatic carbocycles. The van der Waals surface area contributed by atoms with E-state index in [0.29, 0.717) is 18.5 Å². The lowest BCUT2D eigenvalue weighted by Crippen LogP contribution is -2.12. The molecule has 0 aromatic carbocycles. The van der Waals surface area contributed by atoms with Gasteiger partial charge in [-0.3, -0.25) is 4.98 Å². The number of nitrogens with zero attached hydrogens (tertiary/aromatic N) is 1. The third-order valence-corrected chi connectivity index (χ3v) is 2.61. The van der Waals surface area contributed by atoms with E-state index < -0.39 is 26.5 Å². The second kappa shape index (κ2) is 3.23. The Morgan fingerprint density at radius 3 is 2.29 bits per heavy atom. The molecule has 0 amide bonds. The van der Waals surface area contributed by atoms with E-state index in [1.54, 1.807) is 0 Å². The van der Waals surface area contributed by atoms with Crippen LogP contribution < -0.4 is 0 Å². The van der Waals surface area contributed by atoms with Gasteiger partial charge in [0.05, 0.1) is 10.5 Å². The molecule has 78 valence electrons. The number of pyridine rings is 1. The van der Waals surface area contributed by atoms with Crippen LogP contribution in [0, 0.1) is 0 Å². The topological polar surface area (TPSA) is 47.0 Å². The number of hydrogen-bond donors (Lipinski definition) is 0. The number of alkyl halides is 3. The minimum absolute atomic E-state index is 0.635. The van der Waals surface area contributed by atoms with E-state index in [2.05, 4.69) is 4.98 Å². The van der Waals surface area contributed by atoms with Crippen LogP contribution in [0.4, 0.5) is 13.2 Å². The summed E-state index contributed by atoms with van der Waals surface area (Å²) in [7, 11) is -3.90. The summed E-state index contributed by atoms with van der Waals surface area (Å²) in [6, 6.07) is 0.635. The average molecular weight is 225 g/mol. The van der Waals surface area contributed by atoms with Gasteiger partial charge >= 0.3 is 6.18 Å². The highest BCUT2D eigenvalue weighted by atomic mass is 32.2. The van der Waals surface area contributed by atoms with Crippen molar-refractivity contribution >= 4 is 9.84 Å². The molecule has 0 radical (unpaired) electrons. The van der Waals surface area contributed by atoms with Crippen LogP contribution in [0.25, 0.3) is 0 Å². The molecule has 1 heterocycles. The van der Waals surface area contributed by atoms with Crippen LogP contribution in [0.2, 0.25) is 0 Å². The summed E-state index contributed by atoms with van der Waals surface area (Å²) in [5, 5.41) is 0.